The van der Waals surface area contributed by atoms with Gasteiger partial charge in [0, 0.05) is 23.7 Å². The lowest BCUT2D eigenvalue weighted by atomic mass is 10.4. The van der Waals surface area contributed by atoms with Crippen molar-refractivity contribution in [2.45, 2.75) is 6.54 Å². The molecule has 0 saturated heterocycles. The van der Waals surface area contributed by atoms with Gasteiger partial charge in [-0.2, -0.15) is 11.8 Å². The highest BCUT2D eigenvalue weighted by molar-refractivity contribution is 9.11. The average molecular weight is 280 g/mol. The minimum atomic E-state index is 1.07. The average Bonchev–Trinajstić information content (AvgIpc) is 2.48. The van der Waals surface area contributed by atoms with Crippen LogP contribution in [0.3, 0.4) is 0 Å². The van der Waals surface area contributed by atoms with Crippen LogP contribution in [0.15, 0.2) is 15.9 Å². The molecular weight excluding hydrogens is 266 g/mol. The summed E-state index contributed by atoms with van der Waals surface area (Å²) in [6, 6.07) is 4.30. The van der Waals surface area contributed by atoms with Crippen molar-refractivity contribution in [2.24, 2.45) is 0 Å². The molecule has 0 aliphatic rings. The summed E-state index contributed by atoms with van der Waals surface area (Å²) in [6.07, 6.45) is 2.15. The number of thiophene rings is 1. The third-order valence-corrected chi connectivity index (χ3v) is 3.93. The summed E-state index contributed by atoms with van der Waals surface area (Å²) in [6.45, 7) is 2.23. The fraction of sp³-hybridized carbons (Fsp3) is 0.556. The van der Waals surface area contributed by atoms with E-state index >= 15 is 0 Å². The molecule has 1 rings (SSSR count). The van der Waals surface area contributed by atoms with Gasteiger partial charge in [-0.25, -0.2) is 0 Å². The van der Waals surface area contributed by atoms with Gasteiger partial charge in [-0.1, -0.05) is 0 Å². The van der Waals surface area contributed by atoms with Crippen molar-refractivity contribution in [1.29, 1.82) is 0 Å². The van der Waals surface area contributed by atoms with Gasteiger partial charge in [0.05, 0.1) is 3.79 Å². The molecule has 0 atom stereocenters. The molecule has 0 bridgehead atoms. The Morgan fingerprint density at radius 1 is 1.54 bits per heavy atom. The Morgan fingerprint density at radius 2 is 2.31 bits per heavy atom. The Labute approximate surface area is 96.6 Å². The first-order chi connectivity index (χ1) is 6.22. The first kappa shape index (κ1) is 11.6. The molecule has 1 aromatic rings. The number of hydrogen-bond donors (Lipinski definition) is 0. The maximum atomic E-state index is 3.47. The van der Waals surface area contributed by atoms with Gasteiger partial charge in [0.25, 0.3) is 0 Å². The van der Waals surface area contributed by atoms with Crippen LogP contribution in [-0.2, 0) is 6.54 Å². The minimum Gasteiger partial charge on any atom is -0.300 e. The highest BCUT2D eigenvalue weighted by Crippen LogP contribution is 2.22. The van der Waals surface area contributed by atoms with Gasteiger partial charge in [-0.3, -0.25) is 0 Å². The van der Waals surface area contributed by atoms with Crippen LogP contribution in [-0.4, -0.2) is 30.5 Å². The van der Waals surface area contributed by atoms with Crippen LogP contribution in [0.1, 0.15) is 4.88 Å². The molecular formula is C9H14BrNS2. The van der Waals surface area contributed by atoms with E-state index in [9.17, 15) is 0 Å². The van der Waals surface area contributed by atoms with Crippen LogP contribution in [0.4, 0.5) is 0 Å². The second-order valence-electron chi connectivity index (χ2n) is 2.94. The van der Waals surface area contributed by atoms with Crippen molar-refractivity contribution in [3.8, 4) is 0 Å². The van der Waals surface area contributed by atoms with Gasteiger partial charge >= 0.3 is 0 Å². The zero-order chi connectivity index (χ0) is 9.68. The minimum absolute atomic E-state index is 1.07. The summed E-state index contributed by atoms with van der Waals surface area (Å²) in [5, 5.41) is 0. The van der Waals surface area contributed by atoms with Crippen LogP contribution in [0, 0.1) is 0 Å². The predicted octanol–water partition coefficient (Wildman–Crippen LogP) is 3.31. The van der Waals surface area contributed by atoms with E-state index in [0.29, 0.717) is 0 Å². The molecule has 1 heterocycles. The van der Waals surface area contributed by atoms with Crippen molar-refractivity contribution in [3.05, 3.63) is 20.8 Å². The normalized spacial score (nSPS) is 11.1. The van der Waals surface area contributed by atoms with E-state index in [1.54, 1.807) is 0 Å². The second-order valence-corrected chi connectivity index (χ2v) is 6.47. The Bertz CT molecular complexity index is 250. The summed E-state index contributed by atoms with van der Waals surface area (Å²) in [5.41, 5.74) is 0. The fourth-order valence-corrected chi connectivity index (χ4v) is 3.09. The summed E-state index contributed by atoms with van der Waals surface area (Å²) < 4.78 is 1.22. The van der Waals surface area contributed by atoms with E-state index in [0.717, 1.165) is 13.1 Å². The molecule has 0 saturated carbocycles. The Hall–Kier alpha value is 0.490. The molecule has 74 valence electrons. The van der Waals surface area contributed by atoms with Gasteiger partial charge in [-0.05, 0) is 41.4 Å². The molecule has 13 heavy (non-hydrogen) atoms. The van der Waals surface area contributed by atoms with Crippen LogP contribution in [0.25, 0.3) is 0 Å². The maximum Gasteiger partial charge on any atom is 0.0701 e. The van der Waals surface area contributed by atoms with Crippen molar-refractivity contribution in [1.82, 2.24) is 4.90 Å². The largest absolute Gasteiger partial charge is 0.300 e. The van der Waals surface area contributed by atoms with Crippen LogP contribution in [0.5, 0.6) is 0 Å². The molecule has 1 aromatic heterocycles. The number of halogens is 1. The van der Waals surface area contributed by atoms with E-state index in [1.807, 2.05) is 23.1 Å². The van der Waals surface area contributed by atoms with Gasteiger partial charge in [0.1, 0.15) is 0 Å². The molecule has 0 aromatic carbocycles. The fourth-order valence-electron chi connectivity index (χ4n) is 1.03. The molecule has 1 nitrogen and oxygen atoms in total. The van der Waals surface area contributed by atoms with Gasteiger partial charge < -0.3 is 4.90 Å². The SMILES string of the molecule is CSCCN(C)Cc1ccc(Br)s1. The van der Waals surface area contributed by atoms with Crippen LogP contribution >= 0.6 is 39.0 Å². The second kappa shape index (κ2) is 6.06. The van der Waals surface area contributed by atoms with E-state index in [-0.39, 0.29) is 0 Å². The molecule has 0 aliphatic carbocycles. The van der Waals surface area contributed by atoms with Crippen LogP contribution < -0.4 is 0 Å². The van der Waals surface area contributed by atoms with Crippen molar-refractivity contribution < 1.29 is 0 Å². The van der Waals surface area contributed by atoms with Gasteiger partial charge in [0.15, 0.2) is 0 Å². The molecule has 0 N–H and O–H groups in total. The first-order valence-corrected chi connectivity index (χ1v) is 7.14. The molecule has 0 spiro atoms. The van der Waals surface area contributed by atoms with E-state index < -0.39 is 0 Å². The zero-order valence-corrected chi connectivity index (χ0v) is 11.1. The maximum absolute atomic E-state index is 3.47. The third-order valence-electron chi connectivity index (χ3n) is 1.73. The molecule has 0 amide bonds. The summed E-state index contributed by atoms with van der Waals surface area (Å²) in [4.78, 5) is 3.78. The standard InChI is InChI=1S/C9H14BrNS2/c1-11(5-6-12-2)7-8-3-4-9(10)13-8/h3-4H,5-7H2,1-2H3. The lowest BCUT2D eigenvalue weighted by Crippen LogP contribution is -2.19. The topological polar surface area (TPSA) is 3.24 Å². The van der Waals surface area contributed by atoms with Crippen molar-refractivity contribution >= 4 is 39.0 Å². The smallest absolute Gasteiger partial charge is 0.0701 e. The lowest BCUT2D eigenvalue weighted by molar-refractivity contribution is 0.352. The quantitative estimate of drug-likeness (QED) is 0.814. The molecule has 0 fully saturated rings. The number of rotatable bonds is 5. The zero-order valence-electron chi connectivity index (χ0n) is 7.92. The molecule has 0 aliphatic heterocycles. The Kier molecular flexibility index (Phi) is 5.39. The summed E-state index contributed by atoms with van der Waals surface area (Å²) in [5.74, 6) is 1.21. The number of thioether (sulfide) groups is 1. The van der Waals surface area contributed by atoms with E-state index in [1.165, 1.54) is 14.4 Å². The molecule has 0 radical (unpaired) electrons. The summed E-state index contributed by atoms with van der Waals surface area (Å²) >= 11 is 7.19. The molecule has 0 unspecified atom stereocenters. The Morgan fingerprint density at radius 3 is 2.85 bits per heavy atom. The highest BCUT2D eigenvalue weighted by atomic mass is 79.9. The lowest BCUT2D eigenvalue weighted by Gasteiger charge is -2.14. The number of hydrogen-bond acceptors (Lipinski definition) is 3. The third kappa shape index (κ3) is 4.49. The Balaban J connectivity index is 2.31. The number of nitrogens with zero attached hydrogens (tertiary/aromatic N) is 1. The summed E-state index contributed by atoms with van der Waals surface area (Å²) in [7, 11) is 2.17. The van der Waals surface area contributed by atoms with E-state index in [4.69, 9.17) is 0 Å². The van der Waals surface area contributed by atoms with E-state index in [2.05, 4.69) is 46.3 Å². The van der Waals surface area contributed by atoms with Gasteiger partial charge in [-0.15, -0.1) is 11.3 Å². The van der Waals surface area contributed by atoms with Crippen LogP contribution in [0.2, 0.25) is 0 Å². The molecule has 4 heteroatoms. The van der Waals surface area contributed by atoms with Crippen molar-refractivity contribution in [3.63, 3.8) is 0 Å². The van der Waals surface area contributed by atoms with Crippen molar-refractivity contribution in [2.75, 3.05) is 25.6 Å². The highest BCUT2D eigenvalue weighted by Gasteiger charge is 2.01. The monoisotopic (exact) mass is 279 g/mol. The predicted molar refractivity (Wildman–Crippen MR) is 66.7 cm³/mol. The first-order valence-electron chi connectivity index (χ1n) is 4.14. The van der Waals surface area contributed by atoms with Gasteiger partial charge in [0.2, 0.25) is 0 Å².